The maximum Gasteiger partial charge on any atom is 0.123 e. The molecule has 1 atom stereocenters. The lowest BCUT2D eigenvalue weighted by atomic mass is 9.76. The van der Waals surface area contributed by atoms with Crippen LogP contribution in [0.5, 0.6) is 0 Å². The van der Waals surface area contributed by atoms with Crippen molar-refractivity contribution in [2.24, 2.45) is 11.8 Å². The third-order valence-corrected chi connectivity index (χ3v) is 3.99. The molecule has 0 N–H and O–H groups in total. The summed E-state index contributed by atoms with van der Waals surface area (Å²) < 4.78 is 27.0. The molecule has 20 heavy (non-hydrogen) atoms. The topological polar surface area (TPSA) is 0 Å². The van der Waals surface area contributed by atoms with E-state index in [9.17, 15) is 8.78 Å². The molecule has 0 aliphatic rings. The van der Waals surface area contributed by atoms with Gasteiger partial charge in [-0.05, 0) is 47.2 Å². The quantitative estimate of drug-likeness (QED) is 0.701. The Morgan fingerprint density at radius 2 is 1.20 bits per heavy atom. The third-order valence-electron chi connectivity index (χ3n) is 3.99. The molecule has 0 saturated heterocycles. The molecular formula is C18H20F2. The average Bonchev–Trinajstić information content (AvgIpc) is 2.39. The van der Waals surface area contributed by atoms with Gasteiger partial charge in [0, 0.05) is 5.92 Å². The van der Waals surface area contributed by atoms with Crippen LogP contribution in [0.1, 0.15) is 37.8 Å². The molecule has 0 heterocycles. The first-order valence-electron chi connectivity index (χ1n) is 7.00. The fraction of sp³-hybridized carbons (Fsp3) is 0.333. The van der Waals surface area contributed by atoms with Crippen LogP contribution in [-0.2, 0) is 0 Å². The molecule has 2 aromatic carbocycles. The molecular weight excluding hydrogens is 254 g/mol. The summed E-state index contributed by atoms with van der Waals surface area (Å²) in [5.74, 6) is 0.214. The van der Waals surface area contributed by atoms with Crippen LogP contribution < -0.4 is 0 Å². The molecule has 2 heteroatoms. The van der Waals surface area contributed by atoms with Crippen LogP contribution in [0.3, 0.4) is 0 Å². The summed E-state index contributed by atoms with van der Waals surface area (Å²) in [7, 11) is 0. The minimum atomic E-state index is -0.250. The summed E-state index contributed by atoms with van der Waals surface area (Å²) in [5.41, 5.74) is 1.80. The van der Waals surface area contributed by atoms with E-state index < -0.39 is 0 Å². The Hall–Kier alpha value is -1.70. The molecule has 0 amide bonds. The zero-order valence-electron chi connectivity index (χ0n) is 12.1. The molecule has 2 rings (SSSR count). The summed E-state index contributed by atoms with van der Waals surface area (Å²) in [5, 5.41) is 0. The monoisotopic (exact) mass is 274 g/mol. The fourth-order valence-corrected chi connectivity index (χ4v) is 2.58. The lowest BCUT2D eigenvalue weighted by molar-refractivity contribution is 0.376. The first kappa shape index (κ1) is 14.7. The van der Waals surface area contributed by atoms with Gasteiger partial charge in [0.2, 0.25) is 0 Å². The number of benzene rings is 2. The Morgan fingerprint density at radius 3 is 1.55 bits per heavy atom. The lowest BCUT2D eigenvalue weighted by Gasteiger charge is -2.28. The molecule has 0 bridgehead atoms. The molecule has 0 aromatic heterocycles. The van der Waals surface area contributed by atoms with Crippen LogP contribution in [0.4, 0.5) is 8.78 Å². The van der Waals surface area contributed by atoms with Crippen LogP contribution in [-0.4, -0.2) is 0 Å². The van der Waals surface area contributed by atoms with Crippen molar-refractivity contribution >= 4 is 0 Å². The van der Waals surface area contributed by atoms with Gasteiger partial charge in [0.25, 0.3) is 0 Å². The summed E-state index contributed by atoms with van der Waals surface area (Å²) in [4.78, 5) is 0. The maximum absolute atomic E-state index is 13.5. The Labute approximate surface area is 119 Å². The summed E-state index contributed by atoms with van der Waals surface area (Å²) >= 11 is 0. The lowest BCUT2D eigenvalue weighted by Crippen LogP contribution is -2.17. The Bertz CT molecular complexity index is 530. The van der Waals surface area contributed by atoms with E-state index in [1.165, 1.54) is 12.1 Å². The Balaban J connectivity index is 2.50. The van der Waals surface area contributed by atoms with E-state index in [0.29, 0.717) is 11.8 Å². The summed E-state index contributed by atoms with van der Waals surface area (Å²) in [6.07, 6.45) is 0. The second kappa shape index (κ2) is 6.17. The van der Waals surface area contributed by atoms with E-state index in [-0.39, 0.29) is 17.6 Å². The first-order valence-corrected chi connectivity index (χ1v) is 7.00. The van der Waals surface area contributed by atoms with E-state index in [1.54, 1.807) is 24.3 Å². The van der Waals surface area contributed by atoms with Gasteiger partial charge in [-0.15, -0.1) is 0 Å². The van der Waals surface area contributed by atoms with Crippen molar-refractivity contribution in [3.8, 4) is 0 Å². The third kappa shape index (κ3) is 3.24. The highest BCUT2D eigenvalue weighted by atomic mass is 19.1. The normalized spacial score (nSPS) is 12.9. The predicted octanol–water partition coefficient (Wildman–Crippen LogP) is 5.39. The molecule has 106 valence electrons. The molecule has 0 saturated carbocycles. The van der Waals surface area contributed by atoms with Gasteiger partial charge in [-0.3, -0.25) is 0 Å². The van der Waals surface area contributed by atoms with Gasteiger partial charge in [0.05, 0.1) is 0 Å². The second-order valence-electron chi connectivity index (χ2n) is 5.69. The van der Waals surface area contributed by atoms with Crippen molar-refractivity contribution in [3.63, 3.8) is 0 Å². The van der Waals surface area contributed by atoms with Gasteiger partial charge in [-0.2, -0.15) is 0 Å². The molecule has 0 aliphatic carbocycles. The average molecular weight is 274 g/mol. The van der Waals surface area contributed by atoms with Crippen molar-refractivity contribution < 1.29 is 8.78 Å². The molecule has 0 spiro atoms. The largest absolute Gasteiger partial charge is 0.207 e. The van der Waals surface area contributed by atoms with Crippen LogP contribution in [0.15, 0.2) is 48.5 Å². The fourth-order valence-electron chi connectivity index (χ4n) is 2.58. The molecule has 1 unspecified atom stereocenters. The number of halogens is 2. The van der Waals surface area contributed by atoms with Gasteiger partial charge >= 0.3 is 0 Å². The minimum absolute atomic E-state index is 0.00130. The standard InChI is InChI=1S/C18H20F2/c1-12(2)13(3)18(14-6-4-8-16(19)10-14)15-7-5-9-17(20)11-15/h4-13,18H,1-3H3. The predicted molar refractivity (Wildman–Crippen MR) is 78.6 cm³/mol. The number of rotatable bonds is 4. The van der Waals surface area contributed by atoms with E-state index in [0.717, 1.165) is 11.1 Å². The van der Waals surface area contributed by atoms with Crippen LogP contribution in [0.25, 0.3) is 0 Å². The van der Waals surface area contributed by atoms with Crippen molar-refractivity contribution in [2.75, 3.05) is 0 Å². The molecule has 2 aromatic rings. The summed E-state index contributed by atoms with van der Waals surface area (Å²) in [6.45, 7) is 6.40. The van der Waals surface area contributed by atoms with Crippen molar-refractivity contribution in [2.45, 2.75) is 26.7 Å². The zero-order chi connectivity index (χ0) is 14.7. The van der Waals surface area contributed by atoms with E-state index in [2.05, 4.69) is 20.8 Å². The highest BCUT2D eigenvalue weighted by molar-refractivity contribution is 5.34. The molecule has 0 nitrogen and oxygen atoms in total. The molecule has 0 fully saturated rings. The van der Waals surface area contributed by atoms with Gasteiger partial charge in [-0.1, -0.05) is 45.0 Å². The van der Waals surface area contributed by atoms with E-state index in [1.807, 2.05) is 12.1 Å². The van der Waals surface area contributed by atoms with Crippen molar-refractivity contribution in [1.29, 1.82) is 0 Å². The van der Waals surface area contributed by atoms with Crippen LogP contribution in [0.2, 0.25) is 0 Å². The van der Waals surface area contributed by atoms with Crippen LogP contribution >= 0.6 is 0 Å². The Morgan fingerprint density at radius 1 is 0.750 bits per heavy atom. The van der Waals surface area contributed by atoms with Gasteiger partial charge in [-0.25, -0.2) is 8.78 Å². The molecule has 0 radical (unpaired) electrons. The minimum Gasteiger partial charge on any atom is -0.207 e. The van der Waals surface area contributed by atoms with Crippen LogP contribution in [0, 0.1) is 23.5 Å². The van der Waals surface area contributed by atoms with Gasteiger partial charge in [0.1, 0.15) is 11.6 Å². The second-order valence-corrected chi connectivity index (χ2v) is 5.69. The van der Waals surface area contributed by atoms with Crippen molar-refractivity contribution in [1.82, 2.24) is 0 Å². The van der Waals surface area contributed by atoms with Gasteiger partial charge < -0.3 is 0 Å². The zero-order valence-corrected chi connectivity index (χ0v) is 12.1. The van der Waals surface area contributed by atoms with E-state index >= 15 is 0 Å². The maximum atomic E-state index is 13.5. The Kier molecular flexibility index (Phi) is 4.53. The van der Waals surface area contributed by atoms with Crippen molar-refractivity contribution in [3.05, 3.63) is 71.3 Å². The SMILES string of the molecule is CC(C)C(C)C(c1cccc(F)c1)c1cccc(F)c1. The summed E-state index contributed by atoms with van der Waals surface area (Å²) in [6, 6.07) is 13.2. The molecule has 0 aliphatic heterocycles. The smallest absolute Gasteiger partial charge is 0.123 e. The number of hydrogen-bond donors (Lipinski definition) is 0. The highest BCUT2D eigenvalue weighted by Gasteiger charge is 2.24. The highest BCUT2D eigenvalue weighted by Crippen LogP contribution is 2.36. The van der Waals surface area contributed by atoms with E-state index in [4.69, 9.17) is 0 Å². The number of hydrogen-bond acceptors (Lipinski definition) is 0. The first-order chi connectivity index (χ1) is 9.49. The van der Waals surface area contributed by atoms with Gasteiger partial charge in [0.15, 0.2) is 0 Å².